The number of nitrogens with zero attached hydrogens (tertiary/aromatic N) is 2. The zero-order valence-corrected chi connectivity index (χ0v) is 13.8. The first kappa shape index (κ1) is 16.7. The summed E-state index contributed by atoms with van der Waals surface area (Å²) in [6.45, 7) is 9.29. The largest absolute Gasteiger partial charge is 0.445 e. The van der Waals surface area contributed by atoms with Crippen molar-refractivity contribution in [2.75, 3.05) is 19.6 Å². The molecule has 4 heteroatoms. The Morgan fingerprint density at radius 3 is 2.45 bits per heavy atom. The molecule has 0 N–H and O–H groups in total. The molecule has 0 unspecified atom stereocenters. The van der Waals surface area contributed by atoms with Crippen LogP contribution in [0.25, 0.3) is 0 Å². The van der Waals surface area contributed by atoms with Gasteiger partial charge in [0.1, 0.15) is 6.10 Å². The molecule has 1 amide bonds. The van der Waals surface area contributed by atoms with E-state index in [0.29, 0.717) is 0 Å². The van der Waals surface area contributed by atoms with Crippen LogP contribution >= 0.6 is 0 Å². The summed E-state index contributed by atoms with van der Waals surface area (Å²) >= 11 is 0. The summed E-state index contributed by atoms with van der Waals surface area (Å²) in [6, 6.07) is 9.83. The monoisotopic (exact) mass is 302 g/mol. The van der Waals surface area contributed by atoms with Gasteiger partial charge in [-0.1, -0.05) is 51.1 Å². The number of hydrogen-bond acceptors (Lipinski definition) is 3. The maximum Gasteiger partial charge on any atom is 0.434 e. The number of rotatable bonds is 4. The molecular formula is C18H26N2O2. The molecule has 0 spiro atoms. The Morgan fingerprint density at radius 2 is 1.91 bits per heavy atom. The van der Waals surface area contributed by atoms with E-state index in [4.69, 9.17) is 4.74 Å². The molecular weight excluding hydrogens is 276 g/mol. The lowest BCUT2D eigenvalue weighted by atomic mass is 10.0. The number of aliphatic imine (C=N–C) groups is 1. The number of piperidine rings is 1. The number of benzene rings is 1. The van der Waals surface area contributed by atoms with Gasteiger partial charge in [-0.3, -0.25) is 0 Å². The number of carbonyl (C=O) groups excluding carboxylic acids is 1. The number of likely N-dealkylation sites (tertiary alicyclic amines) is 1. The smallest absolute Gasteiger partial charge is 0.434 e. The molecule has 0 bridgehead atoms. The van der Waals surface area contributed by atoms with E-state index in [1.54, 1.807) is 0 Å². The summed E-state index contributed by atoms with van der Waals surface area (Å²) in [4.78, 5) is 18.7. The second-order valence-electron chi connectivity index (χ2n) is 6.04. The van der Waals surface area contributed by atoms with Crippen molar-refractivity contribution in [3.63, 3.8) is 0 Å². The van der Waals surface area contributed by atoms with Crippen molar-refractivity contribution in [3.8, 4) is 0 Å². The van der Waals surface area contributed by atoms with Gasteiger partial charge in [0.2, 0.25) is 0 Å². The van der Waals surface area contributed by atoms with Gasteiger partial charge in [0.15, 0.2) is 0 Å². The van der Waals surface area contributed by atoms with E-state index in [-0.39, 0.29) is 12.0 Å². The zero-order chi connectivity index (χ0) is 15.9. The molecule has 22 heavy (non-hydrogen) atoms. The van der Waals surface area contributed by atoms with Crippen molar-refractivity contribution in [1.82, 2.24) is 4.90 Å². The molecule has 1 aromatic carbocycles. The van der Waals surface area contributed by atoms with Crippen LogP contribution < -0.4 is 0 Å². The van der Waals surface area contributed by atoms with Crippen LogP contribution in [0.4, 0.5) is 4.79 Å². The number of ether oxygens (including phenoxy) is 1. The number of carbonyl (C=O) groups is 1. The molecule has 1 aliphatic rings. The Balaban J connectivity index is 1.99. The Hall–Kier alpha value is -1.68. The summed E-state index contributed by atoms with van der Waals surface area (Å²) < 4.78 is 5.53. The van der Waals surface area contributed by atoms with Crippen LogP contribution in [0.3, 0.4) is 0 Å². The van der Waals surface area contributed by atoms with E-state index in [1.807, 2.05) is 44.2 Å². The Bertz CT molecular complexity index is 503. The predicted octanol–water partition coefficient (Wildman–Crippen LogP) is 3.75. The average Bonchev–Trinajstić information content (AvgIpc) is 2.54. The van der Waals surface area contributed by atoms with Crippen LogP contribution in [-0.4, -0.2) is 42.4 Å². The molecule has 1 fully saturated rings. The van der Waals surface area contributed by atoms with Crippen molar-refractivity contribution in [2.45, 2.75) is 39.7 Å². The Kier molecular flexibility index (Phi) is 6.13. The van der Waals surface area contributed by atoms with Gasteiger partial charge in [0.05, 0.1) is 5.71 Å². The molecule has 0 aromatic heterocycles. The third-order valence-corrected chi connectivity index (χ3v) is 4.08. The van der Waals surface area contributed by atoms with Gasteiger partial charge in [-0.25, -0.2) is 4.79 Å². The average molecular weight is 302 g/mol. The minimum absolute atomic E-state index is 0.00300. The summed E-state index contributed by atoms with van der Waals surface area (Å²) in [6.07, 6.45) is 1.35. The first-order chi connectivity index (χ1) is 10.6. The lowest BCUT2D eigenvalue weighted by molar-refractivity contribution is 0.0581. The molecule has 1 aromatic rings. The van der Waals surface area contributed by atoms with Gasteiger partial charge in [-0.2, -0.15) is 4.99 Å². The highest BCUT2D eigenvalue weighted by Crippen LogP contribution is 2.15. The van der Waals surface area contributed by atoms with E-state index in [2.05, 4.69) is 16.8 Å². The topological polar surface area (TPSA) is 41.9 Å². The summed E-state index contributed by atoms with van der Waals surface area (Å²) in [7, 11) is 0. The molecule has 120 valence electrons. The minimum Gasteiger partial charge on any atom is -0.445 e. The van der Waals surface area contributed by atoms with E-state index in [1.165, 1.54) is 0 Å². The highest BCUT2D eigenvalue weighted by molar-refractivity contribution is 6.06. The normalized spacial score (nSPS) is 17.7. The lowest BCUT2D eigenvalue weighted by Gasteiger charge is -2.30. The fourth-order valence-electron chi connectivity index (χ4n) is 2.75. The van der Waals surface area contributed by atoms with Crippen molar-refractivity contribution in [1.29, 1.82) is 0 Å². The molecule has 1 aliphatic heterocycles. The van der Waals surface area contributed by atoms with Crippen molar-refractivity contribution < 1.29 is 9.53 Å². The lowest BCUT2D eigenvalue weighted by Crippen LogP contribution is -2.37. The zero-order valence-electron chi connectivity index (χ0n) is 13.8. The second-order valence-corrected chi connectivity index (χ2v) is 6.04. The summed E-state index contributed by atoms with van der Waals surface area (Å²) in [5.74, 6) is 0.178. The fourth-order valence-corrected chi connectivity index (χ4v) is 2.75. The molecule has 1 heterocycles. The summed E-state index contributed by atoms with van der Waals surface area (Å²) in [5.41, 5.74) is 1.77. The SMILES string of the molecule is CCN1CCC(OC(=O)/N=C(\c2ccccc2)C(C)C)CC1. The van der Waals surface area contributed by atoms with Gasteiger partial charge in [-0.15, -0.1) is 0 Å². The van der Waals surface area contributed by atoms with Gasteiger partial charge < -0.3 is 9.64 Å². The molecule has 4 nitrogen and oxygen atoms in total. The minimum atomic E-state index is -0.456. The van der Waals surface area contributed by atoms with E-state index < -0.39 is 6.09 Å². The molecule has 0 aliphatic carbocycles. The van der Waals surface area contributed by atoms with Gasteiger partial charge in [0, 0.05) is 13.1 Å². The fraction of sp³-hybridized carbons (Fsp3) is 0.556. The highest BCUT2D eigenvalue weighted by atomic mass is 16.6. The maximum absolute atomic E-state index is 12.1. The molecule has 0 radical (unpaired) electrons. The van der Waals surface area contributed by atoms with Crippen molar-refractivity contribution in [3.05, 3.63) is 35.9 Å². The van der Waals surface area contributed by atoms with Gasteiger partial charge >= 0.3 is 6.09 Å². The van der Waals surface area contributed by atoms with Gasteiger partial charge in [0.25, 0.3) is 0 Å². The Morgan fingerprint density at radius 1 is 1.27 bits per heavy atom. The molecule has 0 atom stereocenters. The van der Waals surface area contributed by atoms with Crippen LogP contribution in [0.15, 0.2) is 35.3 Å². The van der Waals surface area contributed by atoms with Crippen molar-refractivity contribution in [2.24, 2.45) is 10.9 Å². The van der Waals surface area contributed by atoms with Crippen LogP contribution in [0, 0.1) is 5.92 Å². The third-order valence-electron chi connectivity index (χ3n) is 4.08. The quantitative estimate of drug-likeness (QED) is 0.795. The van der Waals surface area contributed by atoms with Crippen LogP contribution in [0.2, 0.25) is 0 Å². The number of hydrogen-bond donors (Lipinski definition) is 0. The van der Waals surface area contributed by atoms with Crippen LogP contribution in [-0.2, 0) is 4.74 Å². The van der Waals surface area contributed by atoms with Crippen LogP contribution in [0.5, 0.6) is 0 Å². The third kappa shape index (κ3) is 4.67. The van der Waals surface area contributed by atoms with Crippen LogP contribution in [0.1, 0.15) is 39.2 Å². The maximum atomic E-state index is 12.1. The Labute approximate surface area is 133 Å². The van der Waals surface area contributed by atoms with E-state index in [9.17, 15) is 4.79 Å². The first-order valence-electron chi connectivity index (χ1n) is 8.17. The van der Waals surface area contributed by atoms with Gasteiger partial charge in [-0.05, 0) is 30.9 Å². The second kappa shape index (κ2) is 8.08. The summed E-state index contributed by atoms with van der Waals surface area (Å²) in [5, 5.41) is 0. The molecule has 2 rings (SSSR count). The van der Waals surface area contributed by atoms with Crippen molar-refractivity contribution >= 4 is 11.8 Å². The molecule has 1 saturated heterocycles. The standard InChI is InChI=1S/C18H26N2O2/c1-4-20-12-10-16(11-13-20)22-18(21)19-17(14(2)3)15-8-6-5-7-9-15/h5-9,14,16H,4,10-13H2,1-3H3/b19-17-. The predicted molar refractivity (Wildman–Crippen MR) is 89.4 cm³/mol. The highest BCUT2D eigenvalue weighted by Gasteiger charge is 2.21. The van der Waals surface area contributed by atoms with E-state index in [0.717, 1.165) is 43.8 Å². The van der Waals surface area contributed by atoms with E-state index >= 15 is 0 Å². The molecule has 0 saturated carbocycles. The first-order valence-corrected chi connectivity index (χ1v) is 8.17. The number of amides is 1.